The molecule has 0 saturated carbocycles. The van der Waals surface area contributed by atoms with Crippen LogP contribution in [0, 0.1) is 0 Å². The van der Waals surface area contributed by atoms with Gasteiger partial charge >= 0.3 is 0 Å². The minimum Gasteiger partial charge on any atom is -0.329 e. The van der Waals surface area contributed by atoms with E-state index in [2.05, 4.69) is 214 Å². The topological polar surface area (TPSA) is 9.86 Å². The summed E-state index contributed by atoms with van der Waals surface area (Å²) in [6, 6.07) is 63.1. The van der Waals surface area contributed by atoms with Gasteiger partial charge in [0.05, 0.1) is 22.5 Å². The summed E-state index contributed by atoms with van der Waals surface area (Å²) >= 11 is 0. The Kier molecular flexibility index (Phi) is 6.47. The van der Waals surface area contributed by atoms with Crippen LogP contribution in [0.2, 0.25) is 0 Å². The summed E-state index contributed by atoms with van der Waals surface area (Å²) in [5.74, 6) is 0. The second kappa shape index (κ2) is 11.3. The number of rotatable bonds is 2. The van der Waals surface area contributed by atoms with Gasteiger partial charge in [-0.05, 0) is 114 Å². The van der Waals surface area contributed by atoms with E-state index in [-0.39, 0.29) is 16.9 Å². The van der Waals surface area contributed by atoms with E-state index in [1.807, 2.05) is 0 Å². The van der Waals surface area contributed by atoms with Crippen LogP contribution < -0.4 is 0 Å². The van der Waals surface area contributed by atoms with E-state index in [0.717, 1.165) is 0 Å². The molecule has 0 radical (unpaired) electrons. The molecule has 13 rings (SSSR count). The van der Waals surface area contributed by atoms with Crippen LogP contribution in [-0.2, 0) is 16.2 Å². The Labute approximate surface area is 351 Å². The first-order valence-corrected chi connectivity index (χ1v) is 21.6. The van der Waals surface area contributed by atoms with Gasteiger partial charge in [0, 0.05) is 38.3 Å². The Morgan fingerprint density at radius 2 is 0.833 bits per heavy atom. The highest BCUT2D eigenvalue weighted by Gasteiger charge is 2.57. The molecule has 2 aromatic heterocycles. The number of nitrogens with zero attached hydrogens (tertiary/aromatic N) is 2. The molecule has 10 aromatic rings. The van der Waals surface area contributed by atoms with Gasteiger partial charge in [-0.15, -0.1) is 0 Å². The lowest BCUT2D eigenvalue weighted by Crippen LogP contribution is -2.28. The fraction of sp³-hybridized carbons (Fsp3) is 0.172. The van der Waals surface area contributed by atoms with Crippen LogP contribution in [-0.4, -0.2) is 9.13 Å². The minimum absolute atomic E-state index is 0.0208. The standard InChI is InChI=1S/C58H46N2/c1-56(2,3)34-23-26-37-38-27-24-35(57(4,5)6)32-47(38)58(46(37)31-34)48-33-36(59-49-19-11-7-15-40(49)41-16-8-12-20-50(41)59)25-28-39(48)44-29-30-45-53(54(44)58)55(45)60-51-21-13-9-17-42(51)43-18-10-14-22-52(43)60/h7-33,55H,1-6H3. The van der Waals surface area contributed by atoms with E-state index in [0.29, 0.717) is 0 Å². The molecule has 0 amide bonds. The Morgan fingerprint density at radius 3 is 1.35 bits per heavy atom. The van der Waals surface area contributed by atoms with Crippen molar-refractivity contribution in [2.45, 2.75) is 63.8 Å². The van der Waals surface area contributed by atoms with Gasteiger partial charge in [0.15, 0.2) is 0 Å². The highest BCUT2D eigenvalue weighted by Crippen LogP contribution is 2.68. The lowest BCUT2D eigenvalue weighted by Gasteiger charge is -2.33. The zero-order valence-electron chi connectivity index (χ0n) is 35.1. The van der Waals surface area contributed by atoms with E-state index in [1.54, 1.807) is 0 Å². The molecule has 0 bridgehead atoms. The molecule has 2 nitrogen and oxygen atoms in total. The predicted molar refractivity (Wildman–Crippen MR) is 251 cm³/mol. The fourth-order valence-electron chi connectivity index (χ4n) is 11.6. The molecule has 2 heterocycles. The summed E-state index contributed by atoms with van der Waals surface area (Å²) in [6.45, 7) is 14.2. The van der Waals surface area contributed by atoms with Crippen molar-refractivity contribution >= 4 is 43.6 Å². The molecular formula is C58H46N2. The Morgan fingerprint density at radius 1 is 0.417 bits per heavy atom. The number of para-hydroxylation sites is 4. The maximum absolute atomic E-state index is 2.64. The van der Waals surface area contributed by atoms with Gasteiger partial charge in [0.1, 0.15) is 0 Å². The molecule has 0 N–H and O–H groups in total. The van der Waals surface area contributed by atoms with Crippen molar-refractivity contribution in [3.63, 3.8) is 0 Å². The van der Waals surface area contributed by atoms with E-state index < -0.39 is 5.41 Å². The number of fused-ring (bicyclic) bond motifs is 18. The predicted octanol–water partition coefficient (Wildman–Crippen LogP) is 14.8. The van der Waals surface area contributed by atoms with Crippen molar-refractivity contribution in [2.24, 2.45) is 0 Å². The molecule has 3 aliphatic carbocycles. The molecule has 1 spiro atoms. The zero-order valence-corrected chi connectivity index (χ0v) is 35.1. The normalized spacial score (nSPS) is 15.8. The molecule has 1 unspecified atom stereocenters. The van der Waals surface area contributed by atoms with Crippen LogP contribution in [0.4, 0.5) is 0 Å². The van der Waals surface area contributed by atoms with E-state index >= 15 is 0 Å². The van der Waals surface area contributed by atoms with Gasteiger partial charge in [-0.25, -0.2) is 0 Å². The van der Waals surface area contributed by atoms with Crippen LogP contribution in [0.3, 0.4) is 0 Å². The van der Waals surface area contributed by atoms with Crippen LogP contribution in [0.15, 0.2) is 164 Å². The first-order valence-electron chi connectivity index (χ1n) is 21.6. The monoisotopic (exact) mass is 770 g/mol. The third-order valence-electron chi connectivity index (χ3n) is 14.4. The van der Waals surface area contributed by atoms with Gasteiger partial charge in [-0.1, -0.05) is 169 Å². The highest BCUT2D eigenvalue weighted by atomic mass is 15.1. The summed E-state index contributed by atoms with van der Waals surface area (Å²) in [6.07, 6.45) is 0. The molecule has 0 saturated heterocycles. The van der Waals surface area contributed by atoms with Crippen molar-refractivity contribution in [1.82, 2.24) is 9.13 Å². The lowest BCUT2D eigenvalue weighted by molar-refractivity contribution is 0.586. The molecule has 2 heteroatoms. The van der Waals surface area contributed by atoms with Crippen LogP contribution in [0.25, 0.3) is 71.6 Å². The van der Waals surface area contributed by atoms with Gasteiger partial charge in [0.25, 0.3) is 0 Å². The lowest BCUT2D eigenvalue weighted by atomic mass is 9.68. The highest BCUT2D eigenvalue weighted by molar-refractivity contribution is 6.10. The number of benzene rings is 8. The van der Waals surface area contributed by atoms with Gasteiger partial charge in [-0.2, -0.15) is 0 Å². The van der Waals surface area contributed by atoms with Crippen LogP contribution in [0.1, 0.15) is 92.1 Å². The van der Waals surface area contributed by atoms with E-state index in [1.165, 1.54) is 116 Å². The maximum Gasteiger partial charge on any atom is 0.0855 e. The average Bonchev–Trinajstić information content (AvgIpc) is 3.48. The molecule has 1 atom stereocenters. The summed E-state index contributed by atoms with van der Waals surface area (Å²) in [4.78, 5) is 0. The molecule has 60 heavy (non-hydrogen) atoms. The third-order valence-corrected chi connectivity index (χ3v) is 14.4. The number of aromatic nitrogens is 2. The molecule has 288 valence electrons. The summed E-state index contributed by atoms with van der Waals surface area (Å²) in [7, 11) is 0. The zero-order chi connectivity index (χ0) is 40.4. The smallest absolute Gasteiger partial charge is 0.0855 e. The van der Waals surface area contributed by atoms with Gasteiger partial charge < -0.3 is 9.13 Å². The van der Waals surface area contributed by atoms with Crippen molar-refractivity contribution < 1.29 is 0 Å². The minimum atomic E-state index is -0.522. The summed E-state index contributed by atoms with van der Waals surface area (Å²) < 4.78 is 5.15. The largest absolute Gasteiger partial charge is 0.329 e. The molecule has 8 aromatic carbocycles. The molecule has 3 aliphatic rings. The average molecular weight is 771 g/mol. The Bertz CT molecular complexity index is 3350. The van der Waals surface area contributed by atoms with Crippen molar-refractivity contribution in [3.05, 3.63) is 208 Å². The second-order valence-corrected chi connectivity index (χ2v) is 19.7. The van der Waals surface area contributed by atoms with E-state index in [4.69, 9.17) is 0 Å². The first kappa shape index (κ1) is 34.2. The number of hydrogen-bond donors (Lipinski definition) is 0. The summed E-state index contributed by atoms with van der Waals surface area (Å²) in [5.41, 5.74) is 22.4. The quantitative estimate of drug-likeness (QED) is 0.166. The van der Waals surface area contributed by atoms with E-state index in [9.17, 15) is 0 Å². The fourth-order valence-corrected chi connectivity index (χ4v) is 11.6. The first-order chi connectivity index (χ1) is 29.0. The summed E-state index contributed by atoms with van der Waals surface area (Å²) in [5, 5.41) is 5.20. The second-order valence-electron chi connectivity index (χ2n) is 19.7. The van der Waals surface area contributed by atoms with Crippen molar-refractivity contribution in [1.29, 1.82) is 0 Å². The molecule has 0 aliphatic heterocycles. The van der Waals surface area contributed by atoms with Gasteiger partial charge in [-0.3, -0.25) is 0 Å². The number of hydrogen-bond acceptors (Lipinski definition) is 0. The SMILES string of the molecule is CC(C)(C)c1ccc2c(c1)C1(c3cc(C(C)(C)C)ccc3-2)c2cc(-n3c4ccccc4c4ccccc43)ccc2-c2ccc3c(c21)C3n1c2ccccc2c2ccccc21. The van der Waals surface area contributed by atoms with Gasteiger partial charge in [0.2, 0.25) is 0 Å². The van der Waals surface area contributed by atoms with Crippen molar-refractivity contribution in [2.75, 3.05) is 0 Å². The van der Waals surface area contributed by atoms with Crippen LogP contribution >= 0.6 is 0 Å². The molecular weight excluding hydrogens is 725 g/mol. The van der Waals surface area contributed by atoms with Crippen LogP contribution in [0.5, 0.6) is 0 Å². The Hall–Kier alpha value is -6.64. The Balaban J connectivity index is 1.17. The van der Waals surface area contributed by atoms with Crippen molar-refractivity contribution in [3.8, 4) is 27.9 Å². The molecule has 0 fully saturated rings. The maximum atomic E-state index is 2.64. The third kappa shape index (κ3) is 4.24.